The number of carboxylic acid groups (broad SMARTS) is 1. The van der Waals surface area contributed by atoms with Crippen LogP contribution in [0.4, 0.5) is 4.39 Å². The molecule has 0 spiro atoms. The smallest absolute Gasteiger partial charge is 0.329 e. The van der Waals surface area contributed by atoms with E-state index in [4.69, 9.17) is 5.11 Å². The van der Waals surface area contributed by atoms with Crippen LogP contribution in [0.1, 0.15) is 0 Å². The van der Waals surface area contributed by atoms with E-state index in [1.165, 1.54) is 29.8 Å². The van der Waals surface area contributed by atoms with Gasteiger partial charge in [-0.15, -0.1) is 0 Å². The molecule has 0 saturated carbocycles. The van der Waals surface area contributed by atoms with E-state index < -0.39 is 24.0 Å². The number of carboxylic acids is 1. The van der Waals surface area contributed by atoms with Crippen LogP contribution in [0.3, 0.4) is 0 Å². The number of aryl methyl sites for hydroxylation is 1. The van der Waals surface area contributed by atoms with Crippen LogP contribution in [0.2, 0.25) is 0 Å². The highest BCUT2D eigenvalue weighted by Gasteiger charge is 2.13. The van der Waals surface area contributed by atoms with Crippen molar-refractivity contribution >= 4 is 17.0 Å². The van der Waals surface area contributed by atoms with Crippen molar-refractivity contribution in [3.05, 3.63) is 34.5 Å². The fraction of sp³-hybridized carbons (Fsp3) is 0.200. The molecule has 0 amide bonds. The molecule has 2 rings (SSSR count). The van der Waals surface area contributed by atoms with E-state index in [0.29, 0.717) is 11.0 Å². The summed E-state index contributed by atoms with van der Waals surface area (Å²) in [6.45, 7) is -0.429. The Hall–Kier alpha value is -2.11. The first kappa shape index (κ1) is 10.4. The number of hydrogen-bond acceptors (Lipinski definition) is 2. The van der Waals surface area contributed by atoms with E-state index in [0.717, 1.165) is 4.57 Å². The first-order chi connectivity index (χ1) is 7.50. The fourth-order valence-corrected chi connectivity index (χ4v) is 1.67. The molecule has 5 nitrogen and oxygen atoms in total. The lowest BCUT2D eigenvalue weighted by Gasteiger charge is -1.97. The van der Waals surface area contributed by atoms with Crippen molar-refractivity contribution in [2.24, 2.45) is 7.05 Å². The number of carbonyl (C=O) groups is 1. The Labute approximate surface area is 89.3 Å². The number of aliphatic carboxylic acids is 1. The van der Waals surface area contributed by atoms with Crippen LogP contribution in [-0.2, 0) is 18.4 Å². The Bertz CT molecular complexity index is 627. The summed E-state index contributed by atoms with van der Waals surface area (Å²) in [4.78, 5) is 22.3. The molecule has 0 saturated heterocycles. The highest BCUT2D eigenvalue weighted by atomic mass is 19.1. The van der Waals surface area contributed by atoms with Crippen LogP contribution in [0.25, 0.3) is 11.0 Å². The zero-order valence-electron chi connectivity index (χ0n) is 8.48. The van der Waals surface area contributed by atoms with Gasteiger partial charge in [0.2, 0.25) is 0 Å². The Morgan fingerprint density at radius 3 is 2.75 bits per heavy atom. The van der Waals surface area contributed by atoms with Gasteiger partial charge in [0.05, 0.1) is 11.0 Å². The van der Waals surface area contributed by atoms with Crippen LogP contribution in [-0.4, -0.2) is 20.2 Å². The molecule has 84 valence electrons. The van der Waals surface area contributed by atoms with E-state index in [2.05, 4.69) is 0 Å². The normalized spacial score (nSPS) is 10.9. The van der Waals surface area contributed by atoms with E-state index in [9.17, 15) is 14.0 Å². The summed E-state index contributed by atoms with van der Waals surface area (Å²) in [5.74, 6) is -1.57. The molecule has 0 bridgehead atoms. The maximum absolute atomic E-state index is 13.0. The molecule has 0 unspecified atom stereocenters. The molecular weight excluding hydrogens is 215 g/mol. The molecular formula is C10H9FN2O3. The van der Waals surface area contributed by atoms with Gasteiger partial charge in [0.1, 0.15) is 12.4 Å². The van der Waals surface area contributed by atoms with Crippen LogP contribution in [0.15, 0.2) is 23.0 Å². The molecule has 6 heteroatoms. The highest BCUT2D eigenvalue weighted by Crippen LogP contribution is 2.13. The second-order valence-electron chi connectivity index (χ2n) is 3.45. The van der Waals surface area contributed by atoms with Crippen molar-refractivity contribution in [1.29, 1.82) is 0 Å². The van der Waals surface area contributed by atoms with Crippen LogP contribution in [0, 0.1) is 5.82 Å². The van der Waals surface area contributed by atoms with Crippen molar-refractivity contribution in [3.63, 3.8) is 0 Å². The number of benzene rings is 1. The van der Waals surface area contributed by atoms with Gasteiger partial charge in [-0.3, -0.25) is 13.9 Å². The monoisotopic (exact) mass is 224 g/mol. The minimum absolute atomic E-state index is 0.381. The third-order valence-corrected chi connectivity index (χ3v) is 2.40. The van der Waals surface area contributed by atoms with E-state index in [-0.39, 0.29) is 0 Å². The minimum Gasteiger partial charge on any atom is -0.480 e. The number of nitrogens with zero attached hydrogens (tertiary/aromatic N) is 2. The Balaban J connectivity index is 2.79. The molecule has 0 aliphatic heterocycles. The van der Waals surface area contributed by atoms with Gasteiger partial charge in [-0.25, -0.2) is 9.18 Å². The molecule has 0 aliphatic rings. The van der Waals surface area contributed by atoms with E-state index >= 15 is 0 Å². The predicted molar refractivity (Wildman–Crippen MR) is 54.8 cm³/mol. The number of halogens is 1. The molecule has 0 aliphatic carbocycles. The van der Waals surface area contributed by atoms with Crippen LogP contribution in [0.5, 0.6) is 0 Å². The topological polar surface area (TPSA) is 64.2 Å². The summed E-state index contributed by atoms with van der Waals surface area (Å²) in [7, 11) is 1.47. The van der Waals surface area contributed by atoms with Gasteiger partial charge < -0.3 is 5.11 Å². The number of hydrogen-bond donors (Lipinski definition) is 1. The summed E-state index contributed by atoms with van der Waals surface area (Å²) >= 11 is 0. The largest absolute Gasteiger partial charge is 0.480 e. The van der Waals surface area contributed by atoms with Gasteiger partial charge in [-0.05, 0) is 18.2 Å². The van der Waals surface area contributed by atoms with Gasteiger partial charge in [0, 0.05) is 7.05 Å². The first-order valence-corrected chi connectivity index (χ1v) is 4.57. The molecule has 1 aromatic carbocycles. The number of fused-ring (bicyclic) bond motifs is 1. The van der Waals surface area contributed by atoms with Crippen LogP contribution >= 0.6 is 0 Å². The summed E-state index contributed by atoms with van der Waals surface area (Å²) in [5, 5.41) is 8.67. The number of aromatic nitrogens is 2. The van der Waals surface area contributed by atoms with Gasteiger partial charge in [0.15, 0.2) is 0 Å². The number of rotatable bonds is 2. The van der Waals surface area contributed by atoms with Crippen molar-refractivity contribution in [2.45, 2.75) is 6.54 Å². The Morgan fingerprint density at radius 2 is 2.12 bits per heavy atom. The minimum atomic E-state index is -1.11. The zero-order chi connectivity index (χ0) is 11.9. The Morgan fingerprint density at radius 1 is 1.44 bits per heavy atom. The van der Waals surface area contributed by atoms with Gasteiger partial charge >= 0.3 is 11.7 Å². The van der Waals surface area contributed by atoms with Crippen molar-refractivity contribution in [3.8, 4) is 0 Å². The van der Waals surface area contributed by atoms with E-state index in [1.54, 1.807) is 0 Å². The maximum Gasteiger partial charge on any atom is 0.329 e. The third kappa shape index (κ3) is 1.48. The lowest BCUT2D eigenvalue weighted by Crippen LogP contribution is -2.25. The molecule has 1 heterocycles. The van der Waals surface area contributed by atoms with Gasteiger partial charge in [-0.2, -0.15) is 0 Å². The average molecular weight is 224 g/mol. The average Bonchev–Trinajstić information content (AvgIpc) is 2.43. The van der Waals surface area contributed by atoms with Crippen LogP contribution < -0.4 is 5.69 Å². The van der Waals surface area contributed by atoms with Gasteiger partial charge in [0.25, 0.3) is 0 Å². The SMILES string of the molecule is Cn1c(=O)n(CC(=O)O)c2ccc(F)cc21. The second-order valence-corrected chi connectivity index (χ2v) is 3.45. The predicted octanol–water partition coefficient (Wildman–Crippen LogP) is 0.564. The molecule has 0 atom stereocenters. The van der Waals surface area contributed by atoms with Crippen molar-refractivity contribution in [1.82, 2.24) is 9.13 Å². The van der Waals surface area contributed by atoms with Crippen molar-refractivity contribution in [2.75, 3.05) is 0 Å². The molecule has 1 aromatic heterocycles. The van der Waals surface area contributed by atoms with Gasteiger partial charge in [-0.1, -0.05) is 0 Å². The van der Waals surface area contributed by atoms with Crippen molar-refractivity contribution < 1.29 is 14.3 Å². The fourth-order valence-electron chi connectivity index (χ4n) is 1.67. The molecule has 16 heavy (non-hydrogen) atoms. The lowest BCUT2D eigenvalue weighted by molar-refractivity contribution is -0.137. The summed E-state index contributed by atoms with van der Waals surface area (Å²) in [6, 6.07) is 3.80. The van der Waals surface area contributed by atoms with E-state index in [1.807, 2.05) is 0 Å². The quantitative estimate of drug-likeness (QED) is 0.810. The molecule has 0 fully saturated rings. The molecule has 0 radical (unpaired) electrons. The summed E-state index contributed by atoms with van der Waals surface area (Å²) in [6.07, 6.45) is 0. The molecule has 1 N–H and O–H groups in total. The second kappa shape index (κ2) is 3.48. The first-order valence-electron chi connectivity index (χ1n) is 4.57. The Kier molecular flexibility index (Phi) is 2.26. The third-order valence-electron chi connectivity index (χ3n) is 2.40. The number of imidazole rings is 1. The maximum atomic E-state index is 13.0. The highest BCUT2D eigenvalue weighted by molar-refractivity contribution is 5.78. The summed E-state index contributed by atoms with van der Waals surface area (Å²) < 4.78 is 15.3. The lowest BCUT2D eigenvalue weighted by atomic mass is 10.3. The zero-order valence-corrected chi connectivity index (χ0v) is 8.48. The standard InChI is InChI=1S/C10H9FN2O3/c1-12-8-4-6(11)2-3-7(8)13(10(12)16)5-9(14)15/h2-4H,5H2,1H3,(H,14,15). The summed E-state index contributed by atoms with van der Waals surface area (Å²) in [5.41, 5.74) is 0.325. The molecule has 2 aromatic rings.